The van der Waals surface area contributed by atoms with Gasteiger partial charge in [-0.05, 0) is 37.5 Å². The zero-order valence-corrected chi connectivity index (χ0v) is 13.4. The number of anilines is 3. The Kier molecular flexibility index (Phi) is 3.60. The molecule has 0 saturated carbocycles. The molecular weight excluding hydrogens is 302 g/mol. The molecule has 0 spiro atoms. The number of hydrogen-bond donors (Lipinski definition) is 1. The molecule has 118 valence electrons. The lowest BCUT2D eigenvalue weighted by atomic mass is 9.93. The minimum atomic E-state index is -3.48. The Labute approximate surface area is 130 Å². The summed E-state index contributed by atoms with van der Waals surface area (Å²) in [4.78, 5) is 12.3. The molecule has 0 bridgehead atoms. The summed E-state index contributed by atoms with van der Waals surface area (Å²) in [6.45, 7) is 0. The minimum Gasteiger partial charge on any atom is -0.326 e. The van der Waals surface area contributed by atoms with E-state index in [0.717, 1.165) is 19.3 Å². The number of carbonyl (C=O) groups is 1. The van der Waals surface area contributed by atoms with Gasteiger partial charge in [0.2, 0.25) is 5.91 Å². The fourth-order valence-corrected chi connectivity index (χ4v) is 3.99. The van der Waals surface area contributed by atoms with E-state index in [9.17, 15) is 13.2 Å². The third kappa shape index (κ3) is 2.35. The lowest BCUT2D eigenvalue weighted by Crippen LogP contribution is -2.32. The van der Waals surface area contributed by atoms with Crippen LogP contribution < -0.4 is 13.9 Å². The Morgan fingerprint density at radius 1 is 1.18 bits per heavy atom. The van der Waals surface area contributed by atoms with Crippen LogP contribution >= 0.6 is 0 Å². The van der Waals surface area contributed by atoms with Crippen molar-refractivity contribution in [1.29, 1.82) is 0 Å². The van der Waals surface area contributed by atoms with Crippen LogP contribution in [-0.4, -0.2) is 28.4 Å². The molecule has 0 saturated heterocycles. The molecule has 1 aliphatic carbocycles. The number of hydrogen-bond acceptors (Lipinski definition) is 3. The van der Waals surface area contributed by atoms with E-state index in [1.807, 2.05) is 6.08 Å². The van der Waals surface area contributed by atoms with E-state index < -0.39 is 10.2 Å². The Morgan fingerprint density at radius 2 is 1.91 bits per heavy atom. The predicted molar refractivity (Wildman–Crippen MR) is 87.3 cm³/mol. The SMILES string of the molecule is CN1c2ccc(NC(=O)[C@@H]3CC=CCC3)cc2N(C)S1(=O)=O. The molecule has 1 aromatic carbocycles. The maximum Gasteiger partial charge on any atom is 0.326 e. The van der Waals surface area contributed by atoms with Crippen molar-refractivity contribution in [3.05, 3.63) is 30.4 Å². The molecule has 0 fully saturated rings. The van der Waals surface area contributed by atoms with Gasteiger partial charge in [-0.25, -0.2) is 0 Å². The molecule has 1 heterocycles. The fraction of sp³-hybridized carbons (Fsp3) is 0.400. The summed E-state index contributed by atoms with van der Waals surface area (Å²) in [6, 6.07) is 5.15. The van der Waals surface area contributed by atoms with Crippen molar-refractivity contribution in [3.63, 3.8) is 0 Å². The Morgan fingerprint density at radius 3 is 2.59 bits per heavy atom. The predicted octanol–water partition coefficient (Wildman–Crippen LogP) is 2.11. The average molecular weight is 321 g/mol. The molecule has 1 aliphatic heterocycles. The molecule has 1 amide bonds. The Bertz CT molecular complexity index is 742. The summed E-state index contributed by atoms with van der Waals surface area (Å²) < 4.78 is 26.6. The van der Waals surface area contributed by atoms with Crippen LogP contribution in [0.5, 0.6) is 0 Å². The van der Waals surface area contributed by atoms with Crippen LogP contribution in [0.15, 0.2) is 30.4 Å². The molecule has 22 heavy (non-hydrogen) atoms. The van der Waals surface area contributed by atoms with E-state index in [4.69, 9.17) is 0 Å². The van der Waals surface area contributed by atoms with Crippen molar-refractivity contribution in [2.24, 2.45) is 5.92 Å². The molecule has 2 aliphatic rings. The number of nitrogens with zero attached hydrogens (tertiary/aromatic N) is 2. The largest absolute Gasteiger partial charge is 0.326 e. The normalized spacial score (nSPS) is 22.5. The summed E-state index contributed by atoms with van der Waals surface area (Å²) in [5.74, 6) is -0.0245. The monoisotopic (exact) mass is 321 g/mol. The smallest absolute Gasteiger partial charge is 0.326 e. The number of fused-ring (bicyclic) bond motifs is 1. The van der Waals surface area contributed by atoms with Gasteiger partial charge in [0.25, 0.3) is 0 Å². The van der Waals surface area contributed by atoms with Crippen LogP contribution in [-0.2, 0) is 15.0 Å². The zero-order valence-electron chi connectivity index (χ0n) is 12.6. The van der Waals surface area contributed by atoms with E-state index in [1.54, 1.807) is 18.2 Å². The Hall–Kier alpha value is -2.02. The maximum atomic E-state index is 12.3. The average Bonchev–Trinajstić information content (AvgIpc) is 2.69. The molecule has 3 rings (SSSR count). The highest BCUT2D eigenvalue weighted by atomic mass is 32.2. The maximum absolute atomic E-state index is 12.3. The van der Waals surface area contributed by atoms with Gasteiger partial charge in [0.05, 0.1) is 11.4 Å². The number of amides is 1. The fourth-order valence-electron chi connectivity index (χ4n) is 2.83. The molecule has 0 unspecified atom stereocenters. The first-order chi connectivity index (χ1) is 10.4. The van der Waals surface area contributed by atoms with E-state index in [0.29, 0.717) is 17.1 Å². The number of benzene rings is 1. The summed E-state index contributed by atoms with van der Waals surface area (Å²) in [5, 5.41) is 2.89. The van der Waals surface area contributed by atoms with Crippen molar-refractivity contribution < 1.29 is 13.2 Å². The number of nitrogens with one attached hydrogen (secondary N) is 1. The van der Waals surface area contributed by atoms with Crippen LogP contribution in [0.1, 0.15) is 19.3 Å². The van der Waals surface area contributed by atoms with Crippen molar-refractivity contribution in [3.8, 4) is 0 Å². The number of rotatable bonds is 2. The van der Waals surface area contributed by atoms with Gasteiger partial charge in [0, 0.05) is 25.7 Å². The highest BCUT2D eigenvalue weighted by Crippen LogP contribution is 2.40. The summed E-state index contributed by atoms with van der Waals surface area (Å²) in [5.41, 5.74) is 1.81. The van der Waals surface area contributed by atoms with Gasteiger partial charge in [-0.3, -0.25) is 13.4 Å². The molecule has 6 nitrogen and oxygen atoms in total. The first-order valence-corrected chi connectivity index (χ1v) is 8.63. The number of carbonyl (C=O) groups excluding carboxylic acids is 1. The topological polar surface area (TPSA) is 69.7 Å². The first-order valence-electron chi connectivity index (χ1n) is 7.24. The molecule has 7 heteroatoms. The van der Waals surface area contributed by atoms with Crippen LogP contribution in [0.25, 0.3) is 0 Å². The summed E-state index contributed by atoms with van der Waals surface area (Å²) >= 11 is 0. The highest BCUT2D eigenvalue weighted by molar-refractivity contribution is 7.94. The molecular formula is C15H19N3O3S. The van der Waals surface area contributed by atoms with Crippen LogP contribution in [0, 0.1) is 5.92 Å². The van der Waals surface area contributed by atoms with Gasteiger partial charge < -0.3 is 5.32 Å². The van der Waals surface area contributed by atoms with Gasteiger partial charge in [0.1, 0.15) is 0 Å². The summed E-state index contributed by atoms with van der Waals surface area (Å²) in [6.07, 6.45) is 6.66. The minimum absolute atomic E-state index is 0.0117. The zero-order chi connectivity index (χ0) is 15.9. The van der Waals surface area contributed by atoms with Crippen LogP contribution in [0.4, 0.5) is 17.1 Å². The van der Waals surface area contributed by atoms with E-state index in [1.165, 1.54) is 22.7 Å². The quantitative estimate of drug-likeness (QED) is 0.848. The lowest BCUT2D eigenvalue weighted by Gasteiger charge is -2.17. The first kappa shape index (κ1) is 14.9. The molecule has 1 N–H and O–H groups in total. The standard InChI is InChI=1S/C15H19N3O3S/c1-17-13-9-8-12(10-14(13)18(2)22(17,20)21)16-15(19)11-6-4-3-5-7-11/h3-4,8-11H,5-7H2,1-2H3,(H,16,19)/t11-/m1/s1. The van der Waals surface area contributed by atoms with E-state index in [2.05, 4.69) is 11.4 Å². The van der Waals surface area contributed by atoms with Crippen molar-refractivity contribution in [1.82, 2.24) is 0 Å². The second-order valence-electron chi connectivity index (χ2n) is 5.62. The summed E-state index contributed by atoms with van der Waals surface area (Å²) in [7, 11) is -0.456. The van der Waals surface area contributed by atoms with E-state index in [-0.39, 0.29) is 11.8 Å². The van der Waals surface area contributed by atoms with Crippen molar-refractivity contribution in [2.45, 2.75) is 19.3 Å². The van der Waals surface area contributed by atoms with Gasteiger partial charge in [-0.15, -0.1) is 0 Å². The second-order valence-corrected chi connectivity index (χ2v) is 7.61. The van der Waals surface area contributed by atoms with Gasteiger partial charge in [-0.2, -0.15) is 8.42 Å². The van der Waals surface area contributed by atoms with Crippen molar-refractivity contribution in [2.75, 3.05) is 28.0 Å². The lowest BCUT2D eigenvalue weighted by molar-refractivity contribution is -0.120. The Balaban J connectivity index is 1.82. The molecule has 0 radical (unpaired) electrons. The van der Waals surface area contributed by atoms with Gasteiger partial charge >= 0.3 is 10.2 Å². The third-order valence-electron chi connectivity index (χ3n) is 4.25. The highest BCUT2D eigenvalue weighted by Gasteiger charge is 2.35. The molecule has 1 atom stereocenters. The third-order valence-corrected chi connectivity index (χ3v) is 6.03. The molecule has 0 aromatic heterocycles. The van der Waals surface area contributed by atoms with Crippen molar-refractivity contribution >= 4 is 33.2 Å². The van der Waals surface area contributed by atoms with E-state index >= 15 is 0 Å². The van der Waals surface area contributed by atoms with Crippen LogP contribution in [0.2, 0.25) is 0 Å². The number of allylic oxidation sites excluding steroid dienone is 2. The molecule has 1 aromatic rings. The van der Waals surface area contributed by atoms with Gasteiger partial charge in [-0.1, -0.05) is 12.2 Å². The van der Waals surface area contributed by atoms with Gasteiger partial charge in [0.15, 0.2) is 0 Å². The van der Waals surface area contributed by atoms with Crippen LogP contribution in [0.3, 0.4) is 0 Å². The second kappa shape index (κ2) is 5.31.